The zero-order valence-corrected chi connectivity index (χ0v) is 11.6. The van der Waals surface area contributed by atoms with E-state index in [1.807, 2.05) is 0 Å². The molecule has 0 spiro atoms. The van der Waals surface area contributed by atoms with Gasteiger partial charge in [-0.25, -0.2) is 14.4 Å². The maximum absolute atomic E-state index is 11.9. The lowest BCUT2D eigenvalue weighted by Crippen LogP contribution is -2.35. The van der Waals surface area contributed by atoms with Crippen molar-refractivity contribution in [3.8, 4) is 0 Å². The molecular weight excluding hydrogens is 284 g/mol. The molecule has 0 saturated heterocycles. The highest BCUT2D eigenvalue weighted by molar-refractivity contribution is 5.99. The van der Waals surface area contributed by atoms with E-state index in [9.17, 15) is 19.2 Å². The molecular formula is C11H14N4O6. The lowest BCUT2D eigenvalue weighted by atomic mass is 10.3. The first-order valence-electron chi connectivity index (χ1n) is 5.55. The number of methoxy groups -OCH3 is 2. The lowest BCUT2D eigenvalue weighted by molar-refractivity contribution is -0.138. The van der Waals surface area contributed by atoms with Gasteiger partial charge < -0.3 is 20.5 Å². The van der Waals surface area contributed by atoms with Gasteiger partial charge in [-0.2, -0.15) is 0 Å². The summed E-state index contributed by atoms with van der Waals surface area (Å²) in [5.74, 6) is -2.06. The van der Waals surface area contributed by atoms with E-state index in [0.717, 1.165) is 24.9 Å². The number of nitrogens with two attached hydrogens (primary N) is 1. The van der Waals surface area contributed by atoms with E-state index >= 15 is 0 Å². The van der Waals surface area contributed by atoms with Crippen LogP contribution in [-0.4, -0.2) is 35.7 Å². The van der Waals surface area contributed by atoms with Crippen molar-refractivity contribution in [3.05, 3.63) is 32.6 Å². The summed E-state index contributed by atoms with van der Waals surface area (Å²) in [6.45, 7) is 0. The number of ether oxygens (including phenoxy) is 2. The largest absolute Gasteiger partial charge is 0.466 e. The minimum atomic E-state index is -0.923. The zero-order valence-electron chi connectivity index (χ0n) is 11.6. The maximum atomic E-state index is 11.9. The first-order valence-corrected chi connectivity index (χ1v) is 5.55. The Hall–Kier alpha value is -3.04. The molecule has 1 aromatic rings. The van der Waals surface area contributed by atoms with Crippen LogP contribution in [0.15, 0.2) is 21.4 Å². The summed E-state index contributed by atoms with van der Waals surface area (Å²) in [4.78, 5) is 48.2. The molecule has 1 rings (SSSR count). The smallest absolute Gasteiger partial charge is 0.354 e. The number of nitrogens with one attached hydrogen (secondary N) is 2. The Bertz CT molecular complexity index is 714. The minimum Gasteiger partial charge on any atom is -0.466 e. The lowest BCUT2D eigenvalue weighted by Gasteiger charge is -2.11. The third-order valence-corrected chi connectivity index (χ3v) is 2.46. The van der Waals surface area contributed by atoms with Gasteiger partial charge >= 0.3 is 17.6 Å². The average molecular weight is 298 g/mol. The van der Waals surface area contributed by atoms with E-state index in [1.54, 1.807) is 0 Å². The number of nitrogen functional groups attached to an aromatic ring is 1. The third-order valence-electron chi connectivity index (χ3n) is 2.46. The highest BCUT2D eigenvalue weighted by Gasteiger charge is 2.17. The van der Waals surface area contributed by atoms with Gasteiger partial charge in [0, 0.05) is 7.05 Å². The number of aromatic nitrogens is 2. The summed E-state index contributed by atoms with van der Waals surface area (Å²) in [6.07, 6.45) is 0.788. The molecule has 114 valence electrons. The summed E-state index contributed by atoms with van der Waals surface area (Å²) in [7, 11) is 3.41. The van der Waals surface area contributed by atoms with Gasteiger partial charge in [0.2, 0.25) is 0 Å². The Morgan fingerprint density at radius 3 is 2.43 bits per heavy atom. The van der Waals surface area contributed by atoms with Crippen LogP contribution < -0.4 is 22.3 Å². The molecule has 0 bridgehead atoms. The van der Waals surface area contributed by atoms with E-state index in [0.29, 0.717) is 0 Å². The first-order chi connectivity index (χ1) is 9.81. The number of nitrogens with zero attached hydrogens (tertiary/aromatic N) is 1. The van der Waals surface area contributed by atoms with Gasteiger partial charge in [-0.05, 0) is 0 Å². The number of aromatic amines is 1. The van der Waals surface area contributed by atoms with E-state index in [2.05, 4.69) is 19.8 Å². The normalized spacial score (nSPS) is 10.9. The van der Waals surface area contributed by atoms with Crippen LogP contribution in [0.3, 0.4) is 0 Å². The molecule has 4 N–H and O–H groups in total. The second-order valence-corrected chi connectivity index (χ2v) is 3.78. The molecule has 10 heteroatoms. The van der Waals surface area contributed by atoms with Gasteiger partial charge in [-0.15, -0.1) is 0 Å². The Kier molecular flexibility index (Phi) is 4.89. The molecule has 1 aromatic heterocycles. The van der Waals surface area contributed by atoms with Crippen LogP contribution in [0, 0.1) is 0 Å². The maximum Gasteiger partial charge on any atom is 0.354 e. The first kappa shape index (κ1) is 16.0. The molecule has 0 unspecified atom stereocenters. The van der Waals surface area contributed by atoms with E-state index in [-0.39, 0.29) is 17.2 Å². The predicted octanol–water partition coefficient (Wildman–Crippen LogP) is -1.70. The molecule has 21 heavy (non-hydrogen) atoms. The Labute approximate surface area is 118 Å². The summed E-state index contributed by atoms with van der Waals surface area (Å²) in [6, 6.07) is 0. The van der Waals surface area contributed by atoms with Crippen molar-refractivity contribution >= 4 is 23.4 Å². The standard InChI is InChI=1S/C11H14N4O6/c1-15-9(17)7(8(12)14-11(15)19)13-5(10(18)21-3)4-6(16)20-2/h4,13H,12H2,1-3H3,(H,14,19)/b5-4-. The van der Waals surface area contributed by atoms with Crippen LogP contribution in [0.1, 0.15) is 0 Å². The topological polar surface area (TPSA) is 146 Å². The molecule has 1 heterocycles. The predicted molar refractivity (Wildman–Crippen MR) is 72.5 cm³/mol. The second-order valence-electron chi connectivity index (χ2n) is 3.78. The van der Waals surface area contributed by atoms with Crippen molar-refractivity contribution in [2.45, 2.75) is 0 Å². The molecule has 10 nitrogen and oxygen atoms in total. The molecule has 0 aliphatic rings. The number of carbonyl (C=O) groups is 2. The molecule has 0 radical (unpaired) electrons. The number of esters is 2. The molecule has 0 atom stereocenters. The van der Waals surface area contributed by atoms with Crippen LogP contribution in [0.5, 0.6) is 0 Å². The number of hydrogen-bond acceptors (Lipinski definition) is 8. The van der Waals surface area contributed by atoms with Gasteiger partial charge in [0.15, 0.2) is 0 Å². The quantitative estimate of drug-likeness (QED) is 0.440. The Morgan fingerprint density at radius 2 is 1.90 bits per heavy atom. The Morgan fingerprint density at radius 1 is 1.29 bits per heavy atom. The third kappa shape index (κ3) is 3.49. The molecule has 0 aliphatic heterocycles. The van der Waals surface area contributed by atoms with E-state index < -0.39 is 23.2 Å². The van der Waals surface area contributed by atoms with Crippen LogP contribution in [0.4, 0.5) is 11.5 Å². The molecule has 0 amide bonds. The van der Waals surface area contributed by atoms with Crippen molar-refractivity contribution in [1.82, 2.24) is 9.55 Å². The Balaban J connectivity index is 3.35. The number of carbonyl (C=O) groups excluding carboxylic acids is 2. The minimum absolute atomic E-state index is 0.280. The van der Waals surface area contributed by atoms with Crippen LogP contribution in [-0.2, 0) is 26.1 Å². The fourth-order valence-electron chi connectivity index (χ4n) is 1.32. The number of hydrogen-bond donors (Lipinski definition) is 3. The second kappa shape index (κ2) is 6.41. The summed E-state index contributed by atoms with van der Waals surface area (Å²) >= 11 is 0. The monoisotopic (exact) mass is 298 g/mol. The fraction of sp³-hybridized carbons (Fsp3) is 0.273. The van der Waals surface area contributed by atoms with E-state index in [4.69, 9.17) is 5.73 Å². The summed E-state index contributed by atoms with van der Waals surface area (Å²) < 4.78 is 9.59. The fourth-order valence-corrected chi connectivity index (χ4v) is 1.32. The average Bonchev–Trinajstić information content (AvgIpc) is 2.46. The van der Waals surface area contributed by atoms with Gasteiger partial charge in [-0.3, -0.25) is 14.3 Å². The van der Waals surface area contributed by atoms with Gasteiger partial charge in [0.25, 0.3) is 5.56 Å². The molecule has 0 aromatic carbocycles. The molecule has 0 fully saturated rings. The van der Waals surface area contributed by atoms with Gasteiger partial charge in [0.1, 0.15) is 17.2 Å². The molecule has 0 saturated carbocycles. The van der Waals surface area contributed by atoms with Crippen molar-refractivity contribution in [2.75, 3.05) is 25.3 Å². The summed E-state index contributed by atoms with van der Waals surface area (Å²) in [5.41, 5.74) is 3.36. The number of anilines is 2. The highest BCUT2D eigenvalue weighted by Crippen LogP contribution is 2.11. The highest BCUT2D eigenvalue weighted by atomic mass is 16.5. The van der Waals surface area contributed by atoms with Crippen LogP contribution in [0.25, 0.3) is 0 Å². The van der Waals surface area contributed by atoms with Crippen molar-refractivity contribution in [2.24, 2.45) is 7.05 Å². The van der Waals surface area contributed by atoms with Crippen molar-refractivity contribution < 1.29 is 19.1 Å². The zero-order chi connectivity index (χ0) is 16.2. The van der Waals surface area contributed by atoms with E-state index in [1.165, 1.54) is 7.05 Å². The SMILES string of the molecule is COC(=O)/C=C(\Nc1c(N)[nH]c(=O)n(C)c1=O)C(=O)OC. The van der Waals surface area contributed by atoms with Gasteiger partial charge in [0.05, 0.1) is 20.3 Å². The summed E-state index contributed by atoms with van der Waals surface area (Å²) in [5, 5.41) is 2.36. The number of rotatable bonds is 4. The van der Waals surface area contributed by atoms with Crippen LogP contribution in [0.2, 0.25) is 0 Å². The van der Waals surface area contributed by atoms with Crippen molar-refractivity contribution in [3.63, 3.8) is 0 Å². The van der Waals surface area contributed by atoms with Crippen molar-refractivity contribution in [1.29, 1.82) is 0 Å². The van der Waals surface area contributed by atoms with Gasteiger partial charge in [-0.1, -0.05) is 0 Å². The molecule has 0 aliphatic carbocycles. The number of H-pyrrole nitrogens is 1. The van der Waals surface area contributed by atoms with Crippen LogP contribution >= 0.6 is 0 Å².